The maximum absolute atomic E-state index is 5.46. The third-order valence-corrected chi connectivity index (χ3v) is 3.52. The zero-order valence-electron chi connectivity index (χ0n) is 13.1. The molecule has 1 aromatic carbocycles. The Hall–Kier alpha value is -1.50. The average Bonchev–Trinajstić information content (AvgIpc) is 2.46. The first-order valence-corrected chi connectivity index (χ1v) is 7.18. The molecular formula is C17H26N2O. The van der Waals surface area contributed by atoms with Gasteiger partial charge in [0, 0.05) is 18.2 Å². The Labute approximate surface area is 123 Å². The second-order valence-corrected chi connectivity index (χ2v) is 5.08. The number of benzene rings is 1. The van der Waals surface area contributed by atoms with Gasteiger partial charge in [0.15, 0.2) is 0 Å². The molecule has 1 rings (SSSR count). The van der Waals surface area contributed by atoms with Crippen LogP contribution in [0, 0.1) is 11.8 Å². The summed E-state index contributed by atoms with van der Waals surface area (Å²) < 4.78 is 5.31. The topological polar surface area (TPSA) is 38.5 Å². The summed E-state index contributed by atoms with van der Waals surface area (Å²) >= 11 is 0. The normalized spacial score (nSPS) is 11.9. The average molecular weight is 274 g/mol. The van der Waals surface area contributed by atoms with E-state index in [4.69, 9.17) is 10.5 Å². The van der Waals surface area contributed by atoms with E-state index >= 15 is 0 Å². The fourth-order valence-corrected chi connectivity index (χ4v) is 2.16. The SMILES string of the molecule is CCCC(C)N(C)Cc1cc(OC)ccc1C#CCN. The summed E-state index contributed by atoms with van der Waals surface area (Å²) in [5, 5.41) is 0. The molecule has 0 fully saturated rings. The maximum Gasteiger partial charge on any atom is 0.119 e. The lowest BCUT2D eigenvalue weighted by molar-refractivity contribution is 0.236. The van der Waals surface area contributed by atoms with E-state index in [1.165, 1.54) is 18.4 Å². The van der Waals surface area contributed by atoms with Gasteiger partial charge in [0.1, 0.15) is 5.75 Å². The summed E-state index contributed by atoms with van der Waals surface area (Å²) in [6, 6.07) is 6.58. The summed E-state index contributed by atoms with van der Waals surface area (Å²) in [7, 11) is 3.84. The number of methoxy groups -OCH3 is 1. The van der Waals surface area contributed by atoms with Crippen LogP contribution in [-0.2, 0) is 6.54 Å². The van der Waals surface area contributed by atoms with Gasteiger partial charge < -0.3 is 10.5 Å². The molecule has 0 bridgehead atoms. The summed E-state index contributed by atoms with van der Waals surface area (Å²) in [6.07, 6.45) is 2.40. The van der Waals surface area contributed by atoms with Crippen LogP contribution < -0.4 is 10.5 Å². The molecular weight excluding hydrogens is 248 g/mol. The molecule has 0 heterocycles. The third-order valence-electron chi connectivity index (χ3n) is 3.52. The molecule has 0 aromatic heterocycles. The highest BCUT2D eigenvalue weighted by Gasteiger charge is 2.11. The number of ether oxygens (including phenoxy) is 1. The van der Waals surface area contributed by atoms with E-state index in [2.05, 4.69) is 43.7 Å². The van der Waals surface area contributed by atoms with Crippen LogP contribution >= 0.6 is 0 Å². The summed E-state index contributed by atoms with van der Waals surface area (Å²) in [4.78, 5) is 2.35. The molecule has 0 aliphatic carbocycles. The molecule has 2 N–H and O–H groups in total. The van der Waals surface area contributed by atoms with Crippen molar-refractivity contribution < 1.29 is 4.74 Å². The Morgan fingerprint density at radius 3 is 2.75 bits per heavy atom. The molecule has 0 saturated carbocycles. The molecule has 0 saturated heterocycles. The minimum absolute atomic E-state index is 0.382. The molecule has 0 aliphatic heterocycles. The van der Waals surface area contributed by atoms with Gasteiger partial charge in [0.2, 0.25) is 0 Å². The predicted octanol–water partition coefficient (Wildman–Crippen LogP) is 2.63. The molecule has 3 heteroatoms. The zero-order chi connectivity index (χ0) is 15.0. The zero-order valence-corrected chi connectivity index (χ0v) is 13.1. The highest BCUT2D eigenvalue weighted by atomic mass is 16.5. The predicted molar refractivity (Wildman–Crippen MR) is 84.8 cm³/mol. The van der Waals surface area contributed by atoms with Crippen LogP contribution in [0.4, 0.5) is 0 Å². The number of hydrogen-bond acceptors (Lipinski definition) is 3. The van der Waals surface area contributed by atoms with E-state index < -0.39 is 0 Å². The van der Waals surface area contributed by atoms with Gasteiger partial charge in [0.25, 0.3) is 0 Å². The van der Waals surface area contributed by atoms with Crippen molar-refractivity contribution >= 4 is 0 Å². The van der Waals surface area contributed by atoms with Crippen molar-refractivity contribution in [2.24, 2.45) is 5.73 Å². The van der Waals surface area contributed by atoms with E-state index in [9.17, 15) is 0 Å². The lowest BCUT2D eigenvalue weighted by Crippen LogP contribution is -2.28. The number of nitrogens with zero attached hydrogens (tertiary/aromatic N) is 1. The van der Waals surface area contributed by atoms with Crippen molar-refractivity contribution in [2.45, 2.75) is 39.3 Å². The Balaban J connectivity index is 2.95. The Morgan fingerprint density at radius 1 is 1.40 bits per heavy atom. The second-order valence-electron chi connectivity index (χ2n) is 5.08. The fourth-order valence-electron chi connectivity index (χ4n) is 2.16. The molecule has 3 nitrogen and oxygen atoms in total. The highest BCUT2D eigenvalue weighted by molar-refractivity contribution is 5.45. The van der Waals surface area contributed by atoms with Crippen LogP contribution in [-0.4, -0.2) is 31.6 Å². The van der Waals surface area contributed by atoms with Gasteiger partial charge in [-0.25, -0.2) is 0 Å². The lowest BCUT2D eigenvalue weighted by atomic mass is 10.1. The molecule has 1 atom stereocenters. The lowest BCUT2D eigenvalue weighted by Gasteiger charge is -2.25. The molecule has 0 radical (unpaired) electrons. The van der Waals surface area contributed by atoms with Crippen molar-refractivity contribution in [2.75, 3.05) is 20.7 Å². The first-order chi connectivity index (χ1) is 9.62. The van der Waals surface area contributed by atoms with Crippen molar-refractivity contribution in [1.29, 1.82) is 0 Å². The molecule has 20 heavy (non-hydrogen) atoms. The molecule has 0 spiro atoms. The molecule has 110 valence electrons. The minimum atomic E-state index is 0.382. The van der Waals surface area contributed by atoms with Crippen molar-refractivity contribution in [3.8, 4) is 17.6 Å². The van der Waals surface area contributed by atoms with Gasteiger partial charge in [-0.3, -0.25) is 4.90 Å². The fraction of sp³-hybridized carbons (Fsp3) is 0.529. The molecule has 0 aliphatic rings. The van der Waals surface area contributed by atoms with Gasteiger partial charge >= 0.3 is 0 Å². The standard InChI is InChI=1S/C17H26N2O/c1-5-7-14(2)19(3)13-16-12-17(20-4)10-9-15(16)8-6-11-18/h9-10,12,14H,5,7,11,13,18H2,1-4H3. The van der Waals surface area contributed by atoms with Gasteiger partial charge in [-0.1, -0.05) is 25.2 Å². The van der Waals surface area contributed by atoms with Crippen LogP contribution in [0.2, 0.25) is 0 Å². The summed E-state index contributed by atoms with van der Waals surface area (Å²) in [6.45, 7) is 5.73. The second kappa shape index (κ2) is 8.63. The smallest absolute Gasteiger partial charge is 0.119 e. The number of nitrogens with two attached hydrogens (primary N) is 1. The number of hydrogen-bond donors (Lipinski definition) is 1. The van der Waals surface area contributed by atoms with Crippen LogP contribution in [0.25, 0.3) is 0 Å². The Kier molecular flexibility index (Phi) is 7.14. The van der Waals surface area contributed by atoms with E-state index in [0.717, 1.165) is 17.9 Å². The van der Waals surface area contributed by atoms with E-state index in [0.29, 0.717) is 12.6 Å². The monoisotopic (exact) mass is 274 g/mol. The van der Waals surface area contributed by atoms with Crippen LogP contribution in [0.5, 0.6) is 5.75 Å². The van der Waals surface area contributed by atoms with Crippen molar-refractivity contribution in [3.63, 3.8) is 0 Å². The molecule has 1 unspecified atom stereocenters. The molecule has 0 amide bonds. The number of rotatable bonds is 6. The third kappa shape index (κ3) is 4.88. The van der Waals surface area contributed by atoms with E-state index in [-0.39, 0.29) is 0 Å². The quantitative estimate of drug-likeness (QED) is 0.810. The van der Waals surface area contributed by atoms with E-state index in [1.54, 1.807) is 7.11 Å². The van der Waals surface area contributed by atoms with Crippen molar-refractivity contribution in [1.82, 2.24) is 4.90 Å². The Morgan fingerprint density at radius 2 is 2.15 bits per heavy atom. The maximum atomic E-state index is 5.46. The van der Waals surface area contributed by atoms with Gasteiger partial charge in [-0.05, 0) is 44.2 Å². The molecule has 1 aromatic rings. The highest BCUT2D eigenvalue weighted by Crippen LogP contribution is 2.20. The van der Waals surface area contributed by atoms with Gasteiger partial charge in [-0.2, -0.15) is 0 Å². The van der Waals surface area contributed by atoms with Crippen molar-refractivity contribution in [3.05, 3.63) is 29.3 Å². The van der Waals surface area contributed by atoms with Gasteiger partial charge in [0.05, 0.1) is 13.7 Å². The first-order valence-electron chi connectivity index (χ1n) is 7.18. The summed E-state index contributed by atoms with van der Waals surface area (Å²) in [5.74, 6) is 6.94. The van der Waals surface area contributed by atoms with Crippen LogP contribution in [0.1, 0.15) is 37.8 Å². The van der Waals surface area contributed by atoms with Gasteiger partial charge in [-0.15, -0.1) is 0 Å². The van der Waals surface area contributed by atoms with Crippen LogP contribution in [0.3, 0.4) is 0 Å². The Bertz CT molecular complexity index is 474. The minimum Gasteiger partial charge on any atom is -0.497 e. The van der Waals surface area contributed by atoms with E-state index in [1.807, 2.05) is 12.1 Å². The first kappa shape index (κ1) is 16.6. The summed E-state index contributed by atoms with van der Waals surface area (Å²) in [5.41, 5.74) is 7.69. The largest absolute Gasteiger partial charge is 0.497 e. The van der Waals surface area contributed by atoms with Crippen LogP contribution in [0.15, 0.2) is 18.2 Å².